The Hall–Kier alpha value is -3.64. The smallest absolute Gasteiger partial charge is 0.243 e. The number of hydrogen-bond acceptors (Lipinski definition) is 3. The lowest BCUT2D eigenvalue weighted by atomic mass is 10.0. The van der Waals surface area contributed by atoms with Crippen LogP contribution in [0.1, 0.15) is 28.3 Å². The number of imidazole rings is 1. The third-order valence-corrected chi connectivity index (χ3v) is 5.95. The minimum Gasteiger partial charge on any atom is -0.395 e. The quantitative estimate of drug-likeness (QED) is 0.390. The Bertz CT molecular complexity index is 1300. The molecule has 1 heterocycles. The Morgan fingerprint density at radius 1 is 0.909 bits per heavy atom. The van der Waals surface area contributed by atoms with E-state index in [1.807, 2.05) is 64.6 Å². The summed E-state index contributed by atoms with van der Waals surface area (Å²) in [6, 6.07) is 23.6. The number of benzene rings is 3. The van der Waals surface area contributed by atoms with E-state index in [9.17, 15) is 9.90 Å². The molecule has 0 spiro atoms. The van der Waals surface area contributed by atoms with Gasteiger partial charge < -0.3 is 15.0 Å². The molecule has 0 aliphatic rings. The summed E-state index contributed by atoms with van der Waals surface area (Å²) < 4.78 is 3.76. The number of carbonyl (C=O) groups excluding carboxylic acids is 1. The van der Waals surface area contributed by atoms with Crippen molar-refractivity contribution in [3.8, 4) is 0 Å². The van der Waals surface area contributed by atoms with E-state index >= 15 is 0 Å². The second kappa shape index (κ2) is 9.88. The lowest BCUT2D eigenvalue weighted by molar-refractivity contribution is -0.124. The fourth-order valence-corrected chi connectivity index (χ4v) is 4.15. The highest BCUT2D eigenvalue weighted by molar-refractivity contribution is 5.84. The second-order valence-electron chi connectivity index (χ2n) is 8.47. The Balaban J connectivity index is 1.81. The number of hydrogen-bond donors (Lipinski definition) is 3. The molecule has 0 aliphatic heterocycles. The van der Waals surface area contributed by atoms with Crippen molar-refractivity contribution in [1.82, 2.24) is 14.5 Å². The molecule has 0 aliphatic carbocycles. The molecule has 6 heteroatoms. The van der Waals surface area contributed by atoms with Crippen molar-refractivity contribution in [3.05, 3.63) is 101 Å². The molecule has 1 atom stereocenters. The number of aryl methyl sites for hydroxylation is 2. The molecule has 170 valence electrons. The fraction of sp³-hybridized carbons (Fsp3) is 0.259. The predicted octanol–water partition coefficient (Wildman–Crippen LogP) is 3.48. The van der Waals surface area contributed by atoms with Gasteiger partial charge in [0.2, 0.25) is 11.5 Å². The molecule has 1 amide bonds. The standard InChI is InChI=1S/C27H30N4O2/c1-19-7-11-21(12-8-19)17-25(26(33)29-15-16-32)31-24-6-4-3-5-23(24)30(27(31)28)18-22-13-9-20(2)10-14-22/h3-14,25,28,32H,15-18H2,1-2H3,(H,29,33)/t25-/m0/s1. The van der Waals surface area contributed by atoms with E-state index in [2.05, 4.69) is 36.5 Å². The first-order valence-electron chi connectivity index (χ1n) is 11.2. The van der Waals surface area contributed by atoms with Crippen LogP contribution in [0.5, 0.6) is 0 Å². The van der Waals surface area contributed by atoms with Crippen LogP contribution in [0.25, 0.3) is 11.0 Å². The molecule has 0 unspecified atom stereocenters. The summed E-state index contributed by atoms with van der Waals surface area (Å²) in [6.45, 7) is 4.68. The molecule has 4 rings (SSSR count). The number of amides is 1. The number of carbonyl (C=O) groups is 1. The third kappa shape index (κ3) is 4.91. The molecule has 0 saturated carbocycles. The van der Waals surface area contributed by atoms with Gasteiger partial charge in [-0.3, -0.25) is 14.8 Å². The van der Waals surface area contributed by atoms with Crippen LogP contribution in [0.2, 0.25) is 0 Å². The molecule has 3 N–H and O–H groups in total. The van der Waals surface area contributed by atoms with Gasteiger partial charge in [0.05, 0.1) is 24.2 Å². The monoisotopic (exact) mass is 442 g/mol. The number of rotatable bonds is 8. The summed E-state index contributed by atoms with van der Waals surface area (Å²) in [6.07, 6.45) is 0.451. The van der Waals surface area contributed by atoms with Gasteiger partial charge in [0.1, 0.15) is 6.04 Å². The first kappa shape index (κ1) is 22.6. The first-order valence-corrected chi connectivity index (χ1v) is 11.2. The topological polar surface area (TPSA) is 83.0 Å². The van der Waals surface area contributed by atoms with E-state index in [0.29, 0.717) is 13.0 Å². The van der Waals surface area contributed by atoms with Gasteiger partial charge in [0.15, 0.2) is 0 Å². The molecular weight excluding hydrogens is 412 g/mol. The summed E-state index contributed by atoms with van der Waals surface area (Å²) >= 11 is 0. The average molecular weight is 443 g/mol. The van der Waals surface area contributed by atoms with Crippen LogP contribution >= 0.6 is 0 Å². The van der Waals surface area contributed by atoms with Gasteiger partial charge in [0.25, 0.3) is 0 Å². The highest BCUT2D eigenvalue weighted by atomic mass is 16.3. The molecule has 1 aromatic heterocycles. The van der Waals surface area contributed by atoms with Crippen LogP contribution in [-0.4, -0.2) is 33.3 Å². The van der Waals surface area contributed by atoms with Crippen LogP contribution in [0.3, 0.4) is 0 Å². The van der Waals surface area contributed by atoms with Crippen molar-refractivity contribution in [2.45, 2.75) is 32.9 Å². The van der Waals surface area contributed by atoms with E-state index in [1.165, 1.54) is 5.56 Å². The van der Waals surface area contributed by atoms with Gasteiger partial charge in [-0.1, -0.05) is 71.8 Å². The number of aliphatic hydroxyl groups is 1. The van der Waals surface area contributed by atoms with Crippen molar-refractivity contribution in [2.75, 3.05) is 13.2 Å². The number of para-hydroxylation sites is 2. The van der Waals surface area contributed by atoms with Crippen molar-refractivity contribution in [2.24, 2.45) is 0 Å². The molecule has 0 saturated heterocycles. The summed E-state index contributed by atoms with van der Waals surface area (Å²) in [5, 5.41) is 21.1. The molecule has 4 aromatic rings. The Morgan fingerprint density at radius 2 is 1.48 bits per heavy atom. The molecular formula is C27H30N4O2. The number of fused-ring (bicyclic) bond motifs is 1. The summed E-state index contributed by atoms with van der Waals surface area (Å²) in [5.74, 6) is -0.207. The number of aliphatic hydroxyl groups excluding tert-OH is 1. The third-order valence-electron chi connectivity index (χ3n) is 5.95. The maximum atomic E-state index is 13.2. The Morgan fingerprint density at radius 3 is 2.09 bits per heavy atom. The van der Waals surface area contributed by atoms with Gasteiger partial charge in [-0.15, -0.1) is 0 Å². The predicted molar refractivity (Wildman–Crippen MR) is 130 cm³/mol. The zero-order valence-electron chi connectivity index (χ0n) is 19.1. The number of aromatic nitrogens is 2. The molecule has 3 aromatic carbocycles. The first-order chi connectivity index (χ1) is 16.0. The van der Waals surface area contributed by atoms with Crippen molar-refractivity contribution < 1.29 is 9.90 Å². The lowest BCUT2D eigenvalue weighted by Crippen LogP contribution is -2.40. The Labute approximate surface area is 193 Å². The summed E-state index contributed by atoms with van der Waals surface area (Å²) in [4.78, 5) is 13.2. The normalized spacial score (nSPS) is 12.1. The van der Waals surface area contributed by atoms with Crippen molar-refractivity contribution in [1.29, 1.82) is 5.41 Å². The van der Waals surface area contributed by atoms with E-state index < -0.39 is 6.04 Å². The lowest BCUT2D eigenvalue weighted by Gasteiger charge is -2.19. The average Bonchev–Trinajstić information content (AvgIpc) is 3.09. The second-order valence-corrected chi connectivity index (χ2v) is 8.47. The maximum Gasteiger partial charge on any atom is 0.243 e. The zero-order valence-corrected chi connectivity index (χ0v) is 19.1. The van der Waals surface area contributed by atoms with Crippen LogP contribution in [-0.2, 0) is 17.8 Å². The van der Waals surface area contributed by atoms with Crippen LogP contribution in [0, 0.1) is 19.3 Å². The molecule has 33 heavy (non-hydrogen) atoms. The minimum absolute atomic E-state index is 0.128. The maximum absolute atomic E-state index is 13.2. The van der Waals surface area contributed by atoms with Gasteiger partial charge in [-0.2, -0.15) is 0 Å². The van der Waals surface area contributed by atoms with Crippen LogP contribution in [0.4, 0.5) is 0 Å². The van der Waals surface area contributed by atoms with Crippen molar-refractivity contribution in [3.63, 3.8) is 0 Å². The summed E-state index contributed by atoms with van der Waals surface area (Å²) in [5.41, 5.74) is 6.49. The number of nitrogens with zero attached hydrogens (tertiary/aromatic N) is 2. The van der Waals surface area contributed by atoms with Crippen LogP contribution < -0.4 is 10.9 Å². The van der Waals surface area contributed by atoms with E-state index in [1.54, 1.807) is 0 Å². The van der Waals surface area contributed by atoms with E-state index in [0.717, 1.165) is 27.7 Å². The highest BCUT2D eigenvalue weighted by Gasteiger charge is 2.25. The molecule has 6 nitrogen and oxygen atoms in total. The summed E-state index contributed by atoms with van der Waals surface area (Å²) in [7, 11) is 0. The van der Waals surface area contributed by atoms with E-state index in [-0.39, 0.29) is 24.7 Å². The number of nitrogens with one attached hydrogen (secondary N) is 2. The SMILES string of the molecule is Cc1ccc(C[C@@H](C(=O)NCCO)n2c(=N)n(Cc3ccc(C)cc3)c3ccccc32)cc1. The molecule has 0 fully saturated rings. The van der Waals surface area contributed by atoms with Gasteiger partial charge in [-0.05, 0) is 37.1 Å². The zero-order chi connectivity index (χ0) is 23.4. The fourth-order valence-electron chi connectivity index (χ4n) is 4.15. The van der Waals surface area contributed by atoms with Gasteiger partial charge in [0, 0.05) is 13.0 Å². The highest BCUT2D eigenvalue weighted by Crippen LogP contribution is 2.22. The Kier molecular flexibility index (Phi) is 6.75. The van der Waals surface area contributed by atoms with Crippen molar-refractivity contribution >= 4 is 16.9 Å². The molecule has 0 radical (unpaired) electrons. The minimum atomic E-state index is -0.615. The van der Waals surface area contributed by atoms with Crippen LogP contribution in [0.15, 0.2) is 72.8 Å². The molecule has 0 bridgehead atoms. The van der Waals surface area contributed by atoms with Gasteiger partial charge >= 0.3 is 0 Å². The largest absolute Gasteiger partial charge is 0.395 e. The van der Waals surface area contributed by atoms with E-state index in [4.69, 9.17) is 5.41 Å². The van der Waals surface area contributed by atoms with Gasteiger partial charge in [-0.25, -0.2) is 0 Å².